The summed E-state index contributed by atoms with van der Waals surface area (Å²) in [5.41, 5.74) is 0.757. The number of benzene rings is 1. The highest BCUT2D eigenvalue weighted by Crippen LogP contribution is 2.11. The standard InChI is InChI=1S/C16H25NO5S/c1-12(2)9-14(22-3)11-23(20,21)17-15(16(18)19)10-13-7-5-4-6-8-13/h4-8,12,14-15,17H,9-11H2,1-3H3,(H,18,19)/t14?,15-/m1/s1. The van der Waals surface area contributed by atoms with Crippen LogP contribution in [0.1, 0.15) is 25.8 Å². The zero-order valence-electron chi connectivity index (χ0n) is 13.7. The van der Waals surface area contributed by atoms with Gasteiger partial charge >= 0.3 is 5.97 Å². The highest BCUT2D eigenvalue weighted by Gasteiger charge is 2.27. The van der Waals surface area contributed by atoms with Gasteiger partial charge in [0, 0.05) is 7.11 Å². The zero-order valence-corrected chi connectivity index (χ0v) is 14.5. The molecular formula is C16H25NO5S. The molecule has 0 fully saturated rings. The second-order valence-corrected chi connectivity index (χ2v) is 7.77. The molecule has 0 bridgehead atoms. The monoisotopic (exact) mass is 343 g/mol. The molecule has 0 aliphatic carbocycles. The Morgan fingerprint density at radius 2 is 1.87 bits per heavy atom. The second kappa shape index (κ2) is 9.00. The molecule has 0 saturated heterocycles. The number of aliphatic carboxylic acids is 1. The third-order valence-electron chi connectivity index (χ3n) is 3.38. The summed E-state index contributed by atoms with van der Waals surface area (Å²) in [5.74, 6) is -1.16. The first-order valence-electron chi connectivity index (χ1n) is 7.53. The average Bonchev–Trinajstić information content (AvgIpc) is 2.45. The predicted molar refractivity (Wildman–Crippen MR) is 88.7 cm³/mol. The number of sulfonamides is 1. The van der Waals surface area contributed by atoms with E-state index in [0.717, 1.165) is 5.56 Å². The molecule has 0 aliphatic heterocycles. The molecule has 0 aromatic heterocycles. The van der Waals surface area contributed by atoms with Crippen molar-refractivity contribution in [3.63, 3.8) is 0 Å². The van der Waals surface area contributed by atoms with Gasteiger partial charge in [0.1, 0.15) is 6.04 Å². The van der Waals surface area contributed by atoms with Crippen LogP contribution >= 0.6 is 0 Å². The first-order valence-corrected chi connectivity index (χ1v) is 9.18. The average molecular weight is 343 g/mol. The van der Waals surface area contributed by atoms with E-state index in [-0.39, 0.29) is 18.1 Å². The lowest BCUT2D eigenvalue weighted by molar-refractivity contribution is -0.138. The summed E-state index contributed by atoms with van der Waals surface area (Å²) in [7, 11) is -2.30. The lowest BCUT2D eigenvalue weighted by Crippen LogP contribution is -2.45. The highest BCUT2D eigenvalue weighted by atomic mass is 32.2. The van der Waals surface area contributed by atoms with Gasteiger partial charge in [0.2, 0.25) is 10.0 Å². The Balaban J connectivity index is 2.76. The van der Waals surface area contributed by atoms with E-state index in [2.05, 4.69) is 4.72 Å². The van der Waals surface area contributed by atoms with Crippen LogP contribution in [0, 0.1) is 5.92 Å². The fourth-order valence-corrected chi connectivity index (χ4v) is 3.77. The predicted octanol–water partition coefficient (Wildman–Crippen LogP) is 1.66. The van der Waals surface area contributed by atoms with Crippen molar-refractivity contribution in [3.8, 4) is 0 Å². The van der Waals surface area contributed by atoms with E-state index in [1.165, 1.54) is 7.11 Å². The van der Waals surface area contributed by atoms with Crippen LogP contribution in [0.25, 0.3) is 0 Å². The molecule has 23 heavy (non-hydrogen) atoms. The molecule has 2 N–H and O–H groups in total. The Morgan fingerprint density at radius 3 is 2.35 bits per heavy atom. The van der Waals surface area contributed by atoms with Crippen molar-refractivity contribution < 1.29 is 23.1 Å². The molecule has 1 unspecified atom stereocenters. The normalized spacial score (nSPS) is 14.6. The third-order valence-corrected chi connectivity index (χ3v) is 4.83. The minimum atomic E-state index is -3.76. The Bertz CT molecular complexity index is 586. The minimum absolute atomic E-state index is 0.0945. The molecule has 0 heterocycles. The highest BCUT2D eigenvalue weighted by molar-refractivity contribution is 7.89. The summed E-state index contributed by atoms with van der Waals surface area (Å²) in [6.07, 6.45) is 0.226. The van der Waals surface area contributed by atoms with Crippen molar-refractivity contribution in [3.05, 3.63) is 35.9 Å². The number of nitrogens with one attached hydrogen (secondary N) is 1. The van der Waals surface area contributed by atoms with E-state index in [4.69, 9.17) is 4.74 Å². The Kier molecular flexibility index (Phi) is 7.67. The maximum absolute atomic E-state index is 12.2. The Labute approximate surface area is 137 Å². The summed E-state index contributed by atoms with van der Waals surface area (Å²) in [6, 6.07) is 7.72. The summed E-state index contributed by atoms with van der Waals surface area (Å²) < 4.78 is 31.9. The van der Waals surface area contributed by atoms with Crippen LogP contribution in [0.15, 0.2) is 30.3 Å². The van der Waals surface area contributed by atoms with Gasteiger partial charge < -0.3 is 9.84 Å². The molecule has 2 atom stereocenters. The molecule has 0 saturated carbocycles. The lowest BCUT2D eigenvalue weighted by Gasteiger charge is -2.20. The molecule has 1 rings (SSSR count). The van der Waals surface area contributed by atoms with Crippen molar-refractivity contribution >= 4 is 16.0 Å². The fourth-order valence-electron chi connectivity index (χ4n) is 2.30. The summed E-state index contributed by atoms with van der Waals surface area (Å²) in [6.45, 7) is 3.95. The Morgan fingerprint density at radius 1 is 1.26 bits per heavy atom. The molecule has 1 aromatic carbocycles. The number of carboxylic acid groups (broad SMARTS) is 1. The van der Waals surface area contributed by atoms with Crippen molar-refractivity contribution in [2.75, 3.05) is 12.9 Å². The van der Waals surface area contributed by atoms with Crippen LogP contribution in [0.4, 0.5) is 0 Å². The van der Waals surface area contributed by atoms with Crippen LogP contribution in [-0.4, -0.2) is 44.5 Å². The van der Waals surface area contributed by atoms with Gasteiger partial charge in [0.25, 0.3) is 0 Å². The molecule has 1 aromatic rings. The van der Waals surface area contributed by atoms with E-state index in [0.29, 0.717) is 6.42 Å². The molecule has 6 nitrogen and oxygen atoms in total. The van der Waals surface area contributed by atoms with Crippen LogP contribution in [0.3, 0.4) is 0 Å². The molecule has 0 amide bonds. The first-order chi connectivity index (χ1) is 10.7. The third kappa shape index (κ3) is 7.58. The molecule has 130 valence electrons. The van der Waals surface area contributed by atoms with Gasteiger partial charge in [0.05, 0.1) is 11.9 Å². The van der Waals surface area contributed by atoms with Gasteiger partial charge in [0.15, 0.2) is 0 Å². The quantitative estimate of drug-likeness (QED) is 0.674. The molecular weight excluding hydrogens is 318 g/mol. The van der Waals surface area contributed by atoms with E-state index in [1.54, 1.807) is 24.3 Å². The van der Waals surface area contributed by atoms with E-state index in [1.807, 2.05) is 19.9 Å². The maximum Gasteiger partial charge on any atom is 0.322 e. The fraction of sp³-hybridized carbons (Fsp3) is 0.562. The molecule has 0 aliphatic rings. The lowest BCUT2D eigenvalue weighted by atomic mass is 10.1. The van der Waals surface area contributed by atoms with Crippen LogP contribution in [0.2, 0.25) is 0 Å². The molecule has 0 spiro atoms. The van der Waals surface area contributed by atoms with Gasteiger partial charge in [-0.1, -0.05) is 44.2 Å². The van der Waals surface area contributed by atoms with Crippen molar-refractivity contribution in [1.82, 2.24) is 4.72 Å². The zero-order chi connectivity index (χ0) is 17.5. The first kappa shape index (κ1) is 19.6. The number of hydrogen-bond acceptors (Lipinski definition) is 4. The van der Waals surface area contributed by atoms with Gasteiger partial charge in [-0.15, -0.1) is 0 Å². The number of carboxylic acids is 1. The van der Waals surface area contributed by atoms with Crippen molar-refractivity contribution in [2.24, 2.45) is 5.92 Å². The number of ether oxygens (including phenoxy) is 1. The number of carbonyl (C=O) groups is 1. The molecule has 7 heteroatoms. The van der Waals surface area contributed by atoms with Gasteiger partial charge in [-0.05, 0) is 24.3 Å². The summed E-state index contributed by atoms with van der Waals surface area (Å²) in [4.78, 5) is 11.4. The SMILES string of the molecule is COC(CC(C)C)CS(=O)(=O)N[C@H](Cc1ccccc1)C(=O)O. The summed E-state index contributed by atoms with van der Waals surface area (Å²) in [5, 5.41) is 9.28. The van der Waals surface area contributed by atoms with Gasteiger partial charge in [-0.2, -0.15) is 0 Å². The number of rotatable bonds is 10. The maximum atomic E-state index is 12.2. The largest absolute Gasteiger partial charge is 0.480 e. The smallest absolute Gasteiger partial charge is 0.322 e. The van der Waals surface area contributed by atoms with Crippen LogP contribution < -0.4 is 4.72 Å². The van der Waals surface area contributed by atoms with E-state index < -0.39 is 28.1 Å². The Hall–Kier alpha value is -1.44. The van der Waals surface area contributed by atoms with Crippen molar-refractivity contribution in [2.45, 2.75) is 38.8 Å². The second-order valence-electron chi connectivity index (χ2n) is 5.97. The van der Waals surface area contributed by atoms with E-state index in [9.17, 15) is 18.3 Å². The number of hydrogen-bond donors (Lipinski definition) is 2. The minimum Gasteiger partial charge on any atom is -0.480 e. The van der Waals surface area contributed by atoms with Gasteiger partial charge in [-0.3, -0.25) is 4.79 Å². The van der Waals surface area contributed by atoms with Gasteiger partial charge in [-0.25, -0.2) is 13.1 Å². The van der Waals surface area contributed by atoms with Crippen LogP contribution in [-0.2, 0) is 26.0 Å². The summed E-state index contributed by atoms with van der Waals surface area (Å²) >= 11 is 0. The molecule has 0 radical (unpaired) electrons. The number of methoxy groups -OCH3 is 1. The van der Waals surface area contributed by atoms with E-state index >= 15 is 0 Å². The topological polar surface area (TPSA) is 92.7 Å². The van der Waals surface area contributed by atoms with Crippen molar-refractivity contribution in [1.29, 1.82) is 0 Å². The van der Waals surface area contributed by atoms with Crippen LogP contribution in [0.5, 0.6) is 0 Å².